The van der Waals surface area contributed by atoms with Crippen molar-refractivity contribution in [2.45, 2.75) is 25.8 Å². The molecule has 0 radical (unpaired) electrons. The van der Waals surface area contributed by atoms with Gasteiger partial charge in [-0.2, -0.15) is 5.10 Å². The maximum atomic E-state index is 12.8. The number of urea groups is 1. The van der Waals surface area contributed by atoms with Crippen molar-refractivity contribution >= 4 is 40.9 Å². The van der Waals surface area contributed by atoms with E-state index in [1.54, 1.807) is 54.6 Å². The first kappa shape index (κ1) is 30.2. The van der Waals surface area contributed by atoms with E-state index < -0.39 is 23.9 Å². The topological polar surface area (TPSA) is 172 Å². The monoisotopic (exact) mass is 582 g/mol. The van der Waals surface area contributed by atoms with Gasteiger partial charge in [0.2, 0.25) is 5.91 Å². The van der Waals surface area contributed by atoms with Gasteiger partial charge in [-0.05, 0) is 66.1 Å². The van der Waals surface area contributed by atoms with Crippen molar-refractivity contribution in [3.8, 4) is 5.75 Å². The second-order valence-electron chi connectivity index (χ2n) is 9.51. The predicted molar refractivity (Wildman–Crippen MR) is 160 cm³/mol. The molecule has 0 unspecified atom stereocenters. The Morgan fingerprint density at radius 2 is 1.63 bits per heavy atom. The number of anilines is 3. The molecular formula is C31H30N6O6. The SMILES string of the molecule is COc1cc(CC(=O)Nc2ccc([C@@H](CC(=O)O)NC(=O)c3cccnn3)cc2)ccc1NC(=O)Nc1ccccc1C. The van der Waals surface area contributed by atoms with Crippen molar-refractivity contribution in [1.29, 1.82) is 0 Å². The quantitative estimate of drug-likeness (QED) is 0.171. The summed E-state index contributed by atoms with van der Waals surface area (Å²) < 4.78 is 5.43. The highest BCUT2D eigenvalue weighted by molar-refractivity contribution is 6.01. The standard InChI is InChI=1S/C31H30N6O6/c1-19-6-3-4-7-23(19)35-31(42)36-24-14-9-20(16-27(24)43-2)17-28(38)33-22-12-10-21(11-13-22)26(18-29(39)40)34-30(41)25-8-5-15-32-37-25/h3-16,26H,17-18H2,1-2H3,(H,33,38)(H,34,41)(H,39,40)(H2,35,36,42)/t26-/m1/s1. The molecule has 3 aromatic carbocycles. The second-order valence-corrected chi connectivity index (χ2v) is 9.51. The van der Waals surface area contributed by atoms with Gasteiger partial charge in [-0.25, -0.2) is 4.79 Å². The van der Waals surface area contributed by atoms with Crippen molar-refractivity contribution in [2.75, 3.05) is 23.1 Å². The average Bonchev–Trinajstić information content (AvgIpc) is 2.99. The number of nitrogens with one attached hydrogen (secondary N) is 4. The molecule has 43 heavy (non-hydrogen) atoms. The predicted octanol–water partition coefficient (Wildman–Crippen LogP) is 4.56. The molecule has 0 aliphatic rings. The second kappa shape index (κ2) is 14.2. The number of carbonyl (C=O) groups excluding carboxylic acids is 3. The largest absolute Gasteiger partial charge is 0.495 e. The van der Waals surface area contributed by atoms with Crippen LogP contribution < -0.4 is 26.0 Å². The summed E-state index contributed by atoms with van der Waals surface area (Å²) in [5.74, 6) is -1.56. The maximum absolute atomic E-state index is 12.8. The van der Waals surface area contributed by atoms with Gasteiger partial charge in [0, 0.05) is 17.6 Å². The summed E-state index contributed by atoms with van der Waals surface area (Å²) in [4.78, 5) is 49.2. The summed E-state index contributed by atoms with van der Waals surface area (Å²) in [7, 11) is 1.47. The zero-order valence-electron chi connectivity index (χ0n) is 23.5. The Balaban J connectivity index is 1.36. The van der Waals surface area contributed by atoms with Crippen LogP contribution in [0.2, 0.25) is 0 Å². The number of aryl methyl sites for hydroxylation is 1. The minimum absolute atomic E-state index is 0.0314. The van der Waals surface area contributed by atoms with E-state index in [2.05, 4.69) is 31.5 Å². The molecule has 220 valence electrons. The fraction of sp³-hybridized carbons (Fsp3) is 0.161. The molecule has 5 N–H and O–H groups in total. The lowest BCUT2D eigenvalue weighted by Crippen LogP contribution is -2.31. The highest BCUT2D eigenvalue weighted by atomic mass is 16.5. The first-order valence-corrected chi connectivity index (χ1v) is 13.2. The number of aromatic nitrogens is 2. The zero-order chi connectivity index (χ0) is 30.8. The zero-order valence-corrected chi connectivity index (χ0v) is 23.5. The van der Waals surface area contributed by atoms with E-state index in [1.165, 1.54) is 19.4 Å². The number of aliphatic carboxylic acids is 1. The van der Waals surface area contributed by atoms with Gasteiger partial charge < -0.3 is 31.1 Å². The number of carboxylic acid groups (broad SMARTS) is 1. The summed E-state index contributed by atoms with van der Waals surface area (Å²) in [6, 6.07) is 20.7. The molecule has 4 aromatic rings. The fourth-order valence-electron chi connectivity index (χ4n) is 4.21. The van der Waals surface area contributed by atoms with Gasteiger partial charge in [-0.3, -0.25) is 14.4 Å². The number of hydrogen-bond acceptors (Lipinski definition) is 7. The molecule has 0 aliphatic carbocycles. The van der Waals surface area contributed by atoms with Crippen LogP contribution in [-0.4, -0.2) is 46.2 Å². The van der Waals surface area contributed by atoms with Crippen LogP contribution in [0.3, 0.4) is 0 Å². The molecule has 1 atom stereocenters. The van der Waals surface area contributed by atoms with Gasteiger partial charge >= 0.3 is 12.0 Å². The summed E-state index contributed by atoms with van der Waals surface area (Å²) in [6.45, 7) is 1.89. The van der Waals surface area contributed by atoms with Crippen LogP contribution in [0.1, 0.15) is 39.6 Å². The third kappa shape index (κ3) is 8.60. The summed E-state index contributed by atoms with van der Waals surface area (Å²) in [5.41, 5.74) is 3.79. The Morgan fingerprint density at radius 3 is 2.30 bits per heavy atom. The number of hydrogen-bond donors (Lipinski definition) is 5. The Kier molecular flexibility index (Phi) is 9.98. The Labute approximate surface area is 247 Å². The van der Waals surface area contributed by atoms with Gasteiger partial charge in [-0.1, -0.05) is 36.4 Å². The van der Waals surface area contributed by atoms with E-state index in [0.717, 1.165) is 5.56 Å². The maximum Gasteiger partial charge on any atom is 0.323 e. The lowest BCUT2D eigenvalue weighted by atomic mass is 10.0. The minimum atomic E-state index is -1.09. The van der Waals surface area contributed by atoms with Crippen molar-refractivity contribution < 1.29 is 29.0 Å². The number of carbonyl (C=O) groups is 4. The molecule has 12 nitrogen and oxygen atoms in total. The normalized spacial score (nSPS) is 11.1. The minimum Gasteiger partial charge on any atom is -0.495 e. The van der Waals surface area contributed by atoms with Crippen LogP contribution in [0, 0.1) is 6.92 Å². The Bertz CT molecular complexity index is 1610. The smallest absolute Gasteiger partial charge is 0.323 e. The molecule has 0 bridgehead atoms. The molecule has 0 saturated heterocycles. The van der Waals surface area contributed by atoms with E-state index in [0.29, 0.717) is 33.9 Å². The Morgan fingerprint density at radius 1 is 0.884 bits per heavy atom. The van der Waals surface area contributed by atoms with Crippen LogP contribution >= 0.6 is 0 Å². The van der Waals surface area contributed by atoms with Crippen molar-refractivity contribution in [2.24, 2.45) is 0 Å². The lowest BCUT2D eigenvalue weighted by Gasteiger charge is -2.17. The molecule has 1 heterocycles. The first-order valence-electron chi connectivity index (χ1n) is 13.2. The fourth-order valence-corrected chi connectivity index (χ4v) is 4.21. The van der Waals surface area contributed by atoms with Crippen LogP contribution in [0.25, 0.3) is 0 Å². The summed E-state index contributed by atoms with van der Waals surface area (Å²) in [5, 5.41) is 27.8. The number of methoxy groups -OCH3 is 1. The van der Waals surface area contributed by atoms with E-state index in [-0.39, 0.29) is 24.4 Å². The van der Waals surface area contributed by atoms with Crippen LogP contribution in [-0.2, 0) is 16.0 Å². The van der Waals surface area contributed by atoms with E-state index >= 15 is 0 Å². The molecule has 4 amide bonds. The molecular weight excluding hydrogens is 552 g/mol. The number of ether oxygens (including phenoxy) is 1. The number of rotatable bonds is 11. The van der Waals surface area contributed by atoms with Gasteiger partial charge in [0.15, 0.2) is 5.69 Å². The average molecular weight is 583 g/mol. The number of carboxylic acids is 1. The van der Waals surface area contributed by atoms with Crippen LogP contribution in [0.5, 0.6) is 5.75 Å². The van der Waals surface area contributed by atoms with E-state index in [9.17, 15) is 24.3 Å². The van der Waals surface area contributed by atoms with E-state index in [1.807, 2.05) is 25.1 Å². The van der Waals surface area contributed by atoms with Crippen molar-refractivity contribution in [3.63, 3.8) is 0 Å². The third-order valence-corrected chi connectivity index (χ3v) is 6.36. The Hall–Kier alpha value is -5.78. The van der Waals surface area contributed by atoms with Crippen molar-refractivity contribution in [3.05, 3.63) is 107 Å². The molecule has 0 spiro atoms. The molecule has 0 saturated carbocycles. The summed E-state index contributed by atoms with van der Waals surface area (Å²) in [6.07, 6.45) is 1.11. The molecule has 0 aliphatic heterocycles. The van der Waals surface area contributed by atoms with Gasteiger partial charge in [0.25, 0.3) is 5.91 Å². The van der Waals surface area contributed by atoms with Crippen LogP contribution in [0.4, 0.5) is 21.9 Å². The molecule has 1 aromatic heterocycles. The number of para-hydroxylation sites is 1. The van der Waals surface area contributed by atoms with E-state index in [4.69, 9.17) is 4.74 Å². The molecule has 0 fully saturated rings. The highest BCUT2D eigenvalue weighted by Crippen LogP contribution is 2.27. The number of benzene rings is 3. The molecule has 4 rings (SSSR count). The highest BCUT2D eigenvalue weighted by Gasteiger charge is 2.20. The van der Waals surface area contributed by atoms with Gasteiger partial charge in [0.05, 0.1) is 31.7 Å². The third-order valence-electron chi connectivity index (χ3n) is 6.36. The van der Waals surface area contributed by atoms with Crippen LogP contribution in [0.15, 0.2) is 85.1 Å². The number of nitrogens with zero attached hydrogens (tertiary/aromatic N) is 2. The first-order chi connectivity index (χ1) is 20.7. The lowest BCUT2D eigenvalue weighted by molar-refractivity contribution is -0.137. The summed E-state index contributed by atoms with van der Waals surface area (Å²) >= 11 is 0. The van der Waals surface area contributed by atoms with Gasteiger partial charge in [-0.15, -0.1) is 5.10 Å². The van der Waals surface area contributed by atoms with Gasteiger partial charge in [0.1, 0.15) is 5.75 Å². The number of amides is 4. The van der Waals surface area contributed by atoms with Crippen molar-refractivity contribution in [1.82, 2.24) is 15.5 Å². The molecule has 12 heteroatoms.